The van der Waals surface area contributed by atoms with Crippen molar-refractivity contribution in [1.29, 1.82) is 0 Å². The zero-order chi connectivity index (χ0) is 18.1. The number of ketones is 1. The Hall–Kier alpha value is -2.49. The third kappa shape index (κ3) is 3.48. The molecule has 0 spiro atoms. The van der Waals surface area contributed by atoms with E-state index < -0.39 is 0 Å². The monoisotopic (exact) mass is 336 g/mol. The lowest BCUT2D eigenvalue weighted by Crippen LogP contribution is -2.32. The van der Waals surface area contributed by atoms with Crippen LogP contribution in [0.4, 0.5) is 0 Å². The van der Waals surface area contributed by atoms with Crippen molar-refractivity contribution in [3.8, 4) is 0 Å². The molecule has 1 amide bonds. The summed E-state index contributed by atoms with van der Waals surface area (Å²) in [5.74, 6) is -0.232. The van der Waals surface area contributed by atoms with Crippen molar-refractivity contribution in [3.63, 3.8) is 0 Å². The number of pyridine rings is 1. The number of nitrogens with one attached hydrogen (secondary N) is 1. The zero-order valence-electron chi connectivity index (χ0n) is 15.3. The molecule has 0 saturated carbocycles. The minimum atomic E-state index is -0.160. The molecular formula is C21H24N2O2. The van der Waals surface area contributed by atoms with E-state index in [2.05, 4.69) is 35.4 Å². The predicted molar refractivity (Wildman–Crippen MR) is 98.0 cm³/mol. The second kappa shape index (κ2) is 6.79. The summed E-state index contributed by atoms with van der Waals surface area (Å²) in [6.45, 7) is 7.18. The van der Waals surface area contributed by atoms with Crippen LogP contribution in [0.25, 0.3) is 0 Å². The molecule has 0 saturated heterocycles. The van der Waals surface area contributed by atoms with Gasteiger partial charge in [0.25, 0.3) is 5.91 Å². The number of hydrogen-bond acceptors (Lipinski definition) is 3. The average molecular weight is 336 g/mol. The molecule has 130 valence electrons. The van der Waals surface area contributed by atoms with Gasteiger partial charge in [-0.1, -0.05) is 23.8 Å². The maximum atomic E-state index is 12.9. The molecule has 1 aliphatic rings. The Morgan fingerprint density at radius 1 is 1.08 bits per heavy atom. The Kier molecular flexibility index (Phi) is 4.71. The lowest BCUT2D eigenvalue weighted by Gasteiger charge is -2.27. The van der Waals surface area contributed by atoms with Gasteiger partial charge in [0.15, 0.2) is 5.78 Å². The second-order valence-electron chi connectivity index (χ2n) is 6.93. The topological polar surface area (TPSA) is 59.1 Å². The van der Waals surface area contributed by atoms with Crippen LogP contribution < -0.4 is 5.32 Å². The number of aryl methyl sites for hydroxylation is 4. The number of hydrogen-bond donors (Lipinski definition) is 1. The first-order valence-electron chi connectivity index (χ1n) is 8.76. The van der Waals surface area contributed by atoms with Gasteiger partial charge in [0, 0.05) is 11.3 Å². The molecule has 0 radical (unpaired) electrons. The number of nitrogens with zero attached hydrogens (tertiary/aromatic N) is 1. The van der Waals surface area contributed by atoms with Gasteiger partial charge >= 0.3 is 0 Å². The fraction of sp³-hybridized carbons (Fsp3) is 0.381. The van der Waals surface area contributed by atoms with Gasteiger partial charge < -0.3 is 5.32 Å². The molecule has 3 rings (SSSR count). The molecule has 1 aromatic heterocycles. The summed E-state index contributed by atoms with van der Waals surface area (Å²) in [7, 11) is 0. The van der Waals surface area contributed by atoms with Crippen LogP contribution in [0.1, 0.15) is 74.6 Å². The van der Waals surface area contributed by atoms with Crippen molar-refractivity contribution in [2.75, 3.05) is 0 Å². The van der Waals surface area contributed by atoms with Crippen LogP contribution in [0.5, 0.6) is 0 Å². The smallest absolute Gasteiger partial charge is 0.253 e. The normalized spacial score (nSPS) is 16.2. The molecule has 0 aliphatic heterocycles. The molecule has 1 atom stereocenters. The summed E-state index contributed by atoms with van der Waals surface area (Å²) in [6, 6.07) is 8.14. The van der Waals surface area contributed by atoms with Gasteiger partial charge in [-0.15, -0.1) is 0 Å². The van der Waals surface area contributed by atoms with Crippen LogP contribution in [0.2, 0.25) is 0 Å². The number of carbonyl (C=O) groups excluding carboxylic acids is 2. The van der Waals surface area contributed by atoms with Crippen molar-refractivity contribution < 1.29 is 9.59 Å². The summed E-state index contributed by atoms with van der Waals surface area (Å²) in [5.41, 5.74) is 6.04. The molecular weight excluding hydrogens is 312 g/mol. The van der Waals surface area contributed by atoms with E-state index in [-0.39, 0.29) is 17.7 Å². The van der Waals surface area contributed by atoms with Gasteiger partial charge in [0.05, 0.1) is 17.3 Å². The van der Waals surface area contributed by atoms with Crippen LogP contribution in [0.15, 0.2) is 24.3 Å². The SMILES string of the molecule is CC(=O)c1cc(C(=O)N[C@@H]2CCCc3ccc(C)cc32)c(C)nc1C. The van der Waals surface area contributed by atoms with Crippen molar-refractivity contribution in [1.82, 2.24) is 10.3 Å². The van der Waals surface area contributed by atoms with E-state index in [1.54, 1.807) is 13.0 Å². The maximum Gasteiger partial charge on any atom is 0.253 e. The summed E-state index contributed by atoms with van der Waals surface area (Å²) in [6.07, 6.45) is 3.05. The van der Waals surface area contributed by atoms with E-state index in [1.165, 1.54) is 23.6 Å². The van der Waals surface area contributed by atoms with E-state index >= 15 is 0 Å². The van der Waals surface area contributed by atoms with Crippen molar-refractivity contribution in [2.45, 2.75) is 53.0 Å². The molecule has 1 aliphatic carbocycles. The molecule has 1 aromatic carbocycles. The summed E-state index contributed by atoms with van der Waals surface area (Å²) >= 11 is 0. The molecule has 2 aromatic rings. The first kappa shape index (κ1) is 17.3. The summed E-state index contributed by atoms with van der Waals surface area (Å²) < 4.78 is 0. The largest absolute Gasteiger partial charge is 0.345 e. The van der Waals surface area contributed by atoms with Crippen LogP contribution in [-0.4, -0.2) is 16.7 Å². The Labute approximate surface area is 148 Å². The van der Waals surface area contributed by atoms with Gasteiger partial charge in [0.1, 0.15) is 0 Å². The van der Waals surface area contributed by atoms with Gasteiger partial charge in [-0.3, -0.25) is 14.6 Å². The highest BCUT2D eigenvalue weighted by Gasteiger charge is 2.24. The number of rotatable bonds is 3. The van der Waals surface area contributed by atoms with Crippen LogP contribution >= 0.6 is 0 Å². The molecule has 4 heteroatoms. The first-order chi connectivity index (χ1) is 11.9. The van der Waals surface area contributed by atoms with Crippen LogP contribution in [0.3, 0.4) is 0 Å². The predicted octanol–water partition coefficient (Wildman–Crippen LogP) is 4.02. The zero-order valence-corrected chi connectivity index (χ0v) is 15.3. The van der Waals surface area contributed by atoms with Gasteiger partial charge in [0.2, 0.25) is 0 Å². The third-order valence-corrected chi connectivity index (χ3v) is 4.95. The Morgan fingerprint density at radius 2 is 1.80 bits per heavy atom. The number of aromatic nitrogens is 1. The van der Waals surface area contributed by atoms with Crippen LogP contribution in [-0.2, 0) is 6.42 Å². The summed E-state index contributed by atoms with van der Waals surface area (Å²) in [5, 5.41) is 3.15. The standard InChI is InChI=1S/C21H24N2O2/c1-12-8-9-16-6-5-7-20(19(16)10-12)23-21(25)18-11-17(15(4)24)13(2)22-14(18)3/h8-11,20H,5-7H2,1-4H3,(H,23,25)/t20-/m1/s1. The van der Waals surface area contributed by atoms with Gasteiger partial charge in [-0.25, -0.2) is 0 Å². The molecule has 0 fully saturated rings. The van der Waals surface area contributed by atoms with E-state index in [9.17, 15) is 9.59 Å². The van der Waals surface area contributed by atoms with Crippen LogP contribution in [0, 0.1) is 20.8 Å². The minimum Gasteiger partial charge on any atom is -0.345 e. The third-order valence-electron chi connectivity index (χ3n) is 4.95. The minimum absolute atomic E-state index is 0.0117. The average Bonchev–Trinajstić information content (AvgIpc) is 2.55. The molecule has 1 N–H and O–H groups in total. The number of carbonyl (C=O) groups is 2. The van der Waals surface area contributed by atoms with Crippen molar-refractivity contribution in [2.24, 2.45) is 0 Å². The van der Waals surface area contributed by atoms with E-state index in [0.29, 0.717) is 22.5 Å². The summed E-state index contributed by atoms with van der Waals surface area (Å²) in [4.78, 5) is 29.0. The van der Waals surface area contributed by atoms with Gasteiger partial charge in [-0.2, -0.15) is 0 Å². The number of Topliss-reactive ketones (excluding diaryl/α,β-unsaturated/α-hetero) is 1. The van der Waals surface area contributed by atoms with E-state index in [1.807, 2.05) is 6.92 Å². The lowest BCUT2D eigenvalue weighted by atomic mass is 9.86. The highest BCUT2D eigenvalue weighted by atomic mass is 16.1. The fourth-order valence-electron chi connectivity index (χ4n) is 3.62. The number of fused-ring (bicyclic) bond motifs is 1. The molecule has 4 nitrogen and oxygen atoms in total. The molecule has 1 heterocycles. The van der Waals surface area contributed by atoms with E-state index in [0.717, 1.165) is 19.3 Å². The fourth-order valence-corrected chi connectivity index (χ4v) is 3.62. The Bertz CT molecular complexity index is 855. The van der Waals surface area contributed by atoms with Gasteiger partial charge in [-0.05, 0) is 64.2 Å². The second-order valence-corrected chi connectivity index (χ2v) is 6.93. The molecule has 0 bridgehead atoms. The quantitative estimate of drug-likeness (QED) is 0.861. The Balaban J connectivity index is 1.91. The molecule has 25 heavy (non-hydrogen) atoms. The van der Waals surface area contributed by atoms with Crippen molar-refractivity contribution >= 4 is 11.7 Å². The number of benzene rings is 1. The Morgan fingerprint density at radius 3 is 2.52 bits per heavy atom. The lowest BCUT2D eigenvalue weighted by molar-refractivity contribution is 0.0931. The highest BCUT2D eigenvalue weighted by molar-refractivity contribution is 6.00. The maximum absolute atomic E-state index is 12.9. The van der Waals surface area contributed by atoms with Crippen molar-refractivity contribution in [3.05, 3.63) is 63.5 Å². The first-order valence-corrected chi connectivity index (χ1v) is 8.76. The highest BCUT2D eigenvalue weighted by Crippen LogP contribution is 2.31. The van der Waals surface area contributed by atoms with E-state index in [4.69, 9.17) is 0 Å². The number of amides is 1. The molecule has 0 unspecified atom stereocenters.